The Bertz CT molecular complexity index is 383. The predicted octanol–water partition coefficient (Wildman–Crippen LogP) is 2.04. The molecule has 0 amide bonds. The highest BCUT2D eigenvalue weighted by Crippen LogP contribution is 2.35. The lowest BCUT2D eigenvalue weighted by atomic mass is 9.90. The quantitative estimate of drug-likeness (QED) is 0.854. The molecule has 0 radical (unpaired) electrons. The van der Waals surface area contributed by atoms with Gasteiger partial charge in [0.1, 0.15) is 11.5 Å². The standard InChI is InChI=1S/C13H21NO3/c1-13(2,14)12-9(8-15-3)6-10(16-4)7-11(12)17-5/h6-7H,8,14H2,1-5H3. The third-order valence-corrected chi connectivity index (χ3v) is 2.56. The van der Waals surface area contributed by atoms with Crippen LogP contribution < -0.4 is 15.2 Å². The fourth-order valence-electron chi connectivity index (χ4n) is 1.92. The van der Waals surface area contributed by atoms with E-state index in [1.807, 2.05) is 26.0 Å². The highest BCUT2D eigenvalue weighted by molar-refractivity contribution is 5.49. The molecule has 0 aliphatic carbocycles. The zero-order valence-electron chi connectivity index (χ0n) is 11.2. The molecule has 0 aromatic heterocycles. The Hall–Kier alpha value is -1.26. The zero-order valence-corrected chi connectivity index (χ0v) is 11.2. The minimum absolute atomic E-state index is 0.476. The van der Waals surface area contributed by atoms with Crippen LogP contribution in [0, 0.1) is 0 Å². The highest BCUT2D eigenvalue weighted by Gasteiger charge is 2.24. The van der Waals surface area contributed by atoms with Crippen molar-refractivity contribution in [3.8, 4) is 11.5 Å². The maximum atomic E-state index is 6.18. The molecule has 1 rings (SSSR count). The summed E-state index contributed by atoms with van der Waals surface area (Å²) in [5, 5.41) is 0. The van der Waals surface area contributed by atoms with Gasteiger partial charge in [-0.3, -0.25) is 0 Å². The summed E-state index contributed by atoms with van der Waals surface area (Å²) in [6, 6.07) is 3.76. The van der Waals surface area contributed by atoms with Gasteiger partial charge in [-0.15, -0.1) is 0 Å². The van der Waals surface area contributed by atoms with Gasteiger partial charge in [-0.2, -0.15) is 0 Å². The maximum Gasteiger partial charge on any atom is 0.127 e. The molecular weight excluding hydrogens is 218 g/mol. The van der Waals surface area contributed by atoms with Crippen LogP contribution in [0.2, 0.25) is 0 Å². The number of hydrogen-bond donors (Lipinski definition) is 1. The first-order valence-corrected chi connectivity index (χ1v) is 5.47. The molecule has 0 saturated heterocycles. The summed E-state index contributed by atoms with van der Waals surface area (Å²) in [7, 11) is 4.90. The van der Waals surface area contributed by atoms with Gasteiger partial charge in [0.25, 0.3) is 0 Å². The van der Waals surface area contributed by atoms with Crippen LogP contribution >= 0.6 is 0 Å². The molecule has 1 aromatic rings. The van der Waals surface area contributed by atoms with Crippen LogP contribution in [0.25, 0.3) is 0 Å². The normalized spacial score (nSPS) is 11.4. The van der Waals surface area contributed by atoms with E-state index in [9.17, 15) is 0 Å². The van der Waals surface area contributed by atoms with Crippen LogP contribution in [0.5, 0.6) is 11.5 Å². The first-order chi connectivity index (χ1) is 7.93. The van der Waals surface area contributed by atoms with Crippen LogP contribution in [0.1, 0.15) is 25.0 Å². The molecule has 0 bridgehead atoms. The van der Waals surface area contributed by atoms with Crippen molar-refractivity contribution in [1.29, 1.82) is 0 Å². The van der Waals surface area contributed by atoms with E-state index in [4.69, 9.17) is 19.9 Å². The van der Waals surface area contributed by atoms with E-state index in [-0.39, 0.29) is 0 Å². The van der Waals surface area contributed by atoms with Crippen molar-refractivity contribution < 1.29 is 14.2 Å². The summed E-state index contributed by atoms with van der Waals surface area (Å²) < 4.78 is 15.8. The topological polar surface area (TPSA) is 53.7 Å². The van der Waals surface area contributed by atoms with E-state index in [0.717, 1.165) is 22.6 Å². The minimum Gasteiger partial charge on any atom is -0.497 e. The SMILES string of the molecule is COCc1cc(OC)cc(OC)c1C(C)(C)N. The third-order valence-electron chi connectivity index (χ3n) is 2.56. The van der Waals surface area contributed by atoms with Gasteiger partial charge in [0.2, 0.25) is 0 Å². The first kappa shape index (κ1) is 13.8. The van der Waals surface area contributed by atoms with Gasteiger partial charge in [0.15, 0.2) is 0 Å². The van der Waals surface area contributed by atoms with E-state index in [2.05, 4.69) is 0 Å². The van der Waals surface area contributed by atoms with E-state index < -0.39 is 5.54 Å². The molecule has 0 spiro atoms. The molecule has 96 valence electrons. The number of methoxy groups -OCH3 is 3. The molecule has 17 heavy (non-hydrogen) atoms. The molecule has 2 N–H and O–H groups in total. The second-order valence-corrected chi connectivity index (χ2v) is 4.52. The number of benzene rings is 1. The van der Waals surface area contributed by atoms with Crippen molar-refractivity contribution in [1.82, 2.24) is 0 Å². The van der Waals surface area contributed by atoms with Crippen molar-refractivity contribution in [2.75, 3.05) is 21.3 Å². The number of rotatable bonds is 5. The minimum atomic E-state index is -0.495. The van der Waals surface area contributed by atoms with E-state index in [1.54, 1.807) is 21.3 Å². The molecule has 0 unspecified atom stereocenters. The fourth-order valence-corrected chi connectivity index (χ4v) is 1.92. The molecule has 0 heterocycles. The van der Waals surface area contributed by atoms with Gasteiger partial charge in [0, 0.05) is 24.3 Å². The molecule has 0 atom stereocenters. The van der Waals surface area contributed by atoms with Crippen molar-refractivity contribution in [3.05, 3.63) is 23.3 Å². The second kappa shape index (κ2) is 5.38. The summed E-state index contributed by atoms with van der Waals surface area (Å²) in [6.07, 6.45) is 0. The Morgan fingerprint density at radius 1 is 1.12 bits per heavy atom. The molecule has 1 aromatic carbocycles. The van der Waals surface area contributed by atoms with Crippen molar-refractivity contribution in [2.24, 2.45) is 5.73 Å². The predicted molar refractivity (Wildman–Crippen MR) is 67.5 cm³/mol. The van der Waals surface area contributed by atoms with Crippen molar-refractivity contribution in [3.63, 3.8) is 0 Å². The first-order valence-electron chi connectivity index (χ1n) is 5.47. The van der Waals surface area contributed by atoms with Crippen LogP contribution in [-0.2, 0) is 16.9 Å². The number of hydrogen-bond acceptors (Lipinski definition) is 4. The van der Waals surface area contributed by atoms with Gasteiger partial charge in [-0.25, -0.2) is 0 Å². The second-order valence-electron chi connectivity index (χ2n) is 4.52. The van der Waals surface area contributed by atoms with Gasteiger partial charge in [-0.1, -0.05) is 0 Å². The Morgan fingerprint density at radius 2 is 1.76 bits per heavy atom. The van der Waals surface area contributed by atoms with Crippen LogP contribution in [0.15, 0.2) is 12.1 Å². The summed E-state index contributed by atoms with van der Waals surface area (Å²) in [6.45, 7) is 4.36. The van der Waals surface area contributed by atoms with Crippen LogP contribution in [0.4, 0.5) is 0 Å². The van der Waals surface area contributed by atoms with E-state index in [1.165, 1.54) is 0 Å². The molecule has 4 heteroatoms. The average molecular weight is 239 g/mol. The Labute approximate surface area is 103 Å². The fraction of sp³-hybridized carbons (Fsp3) is 0.538. The summed E-state index contributed by atoms with van der Waals surface area (Å²) in [5.74, 6) is 1.46. The lowest BCUT2D eigenvalue weighted by Gasteiger charge is -2.26. The number of ether oxygens (including phenoxy) is 3. The van der Waals surface area contributed by atoms with Gasteiger partial charge < -0.3 is 19.9 Å². The highest BCUT2D eigenvalue weighted by atomic mass is 16.5. The summed E-state index contributed by atoms with van der Waals surface area (Å²) >= 11 is 0. The smallest absolute Gasteiger partial charge is 0.127 e. The lowest BCUT2D eigenvalue weighted by Crippen LogP contribution is -2.31. The average Bonchev–Trinajstić information content (AvgIpc) is 2.26. The van der Waals surface area contributed by atoms with E-state index in [0.29, 0.717) is 6.61 Å². The van der Waals surface area contributed by atoms with Crippen molar-refractivity contribution in [2.45, 2.75) is 26.0 Å². The van der Waals surface area contributed by atoms with Crippen LogP contribution in [0.3, 0.4) is 0 Å². The Kier molecular flexibility index (Phi) is 4.37. The largest absolute Gasteiger partial charge is 0.497 e. The van der Waals surface area contributed by atoms with E-state index >= 15 is 0 Å². The van der Waals surface area contributed by atoms with Crippen molar-refractivity contribution >= 4 is 0 Å². The van der Waals surface area contributed by atoms with Gasteiger partial charge in [-0.05, 0) is 25.5 Å². The molecule has 0 saturated carbocycles. The molecule has 0 aliphatic heterocycles. The maximum absolute atomic E-state index is 6.18. The van der Waals surface area contributed by atoms with Gasteiger partial charge >= 0.3 is 0 Å². The monoisotopic (exact) mass is 239 g/mol. The zero-order chi connectivity index (χ0) is 13.1. The molecule has 4 nitrogen and oxygen atoms in total. The summed E-state index contributed by atoms with van der Waals surface area (Å²) in [4.78, 5) is 0. The molecular formula is C13H21NO3. The molecule has 0 fully saturated rings. The van der Waals surface area contributed by atoms with Crippen LogP contribution in [-0.4, -0.2) is 21.3 Å². The number of nitrogens with two attached hydrogens (primary N) is 1. The lowest BCUT2D eigenvalue weighted by molar-refractivity contribution is 0.182. The summed E-state index contributed by atoms with van der Waals surface area (Å²) in [5.41, 5.74) is 7.61. The Balaban J connectivity index is 3.41. The third kappa shape index (κ3) is 3.11. The molecule has 0 aliphatic rings. The Morgan fingerprint density at radius 3 is 2.18 bits per heavy atom. The van der Waals surface area contributed by atoms with Gasteiger partial charge in [0.05, 0.1) is 20.8 Å².